The molecule has 0 N–H and O–H groups in total. The third kappa shape index (κ3) is 0.878. The molecule has 0 radical (unpaired) electrons. The topological polar surface area (TPSA) is 0 Å². The standard InChI is InChI=1S/C11H20/c1-3-9-10-7-5-6-8-11(9,10)4-2/h9-10H,3-8H2,1-2H3/t9?,10?,11-/m0/s1. The molecular formula is C11H20. The summed E-state index contributed by atoms with van der Waals surface area (Å²) in [6.07, 6.45) is 9.03. The zero-order chi connectivity index (χ0) is 7.90. The minimum Gasteiger partial charge on any atom is -0.0651 e. The molecule has 0 nitrogen and oxygen atoms in total. The monoisotopic (exact) mass is 152 g/mol. The van der Waals surface area contributed by atoms with E-state index in [2.05, 4.69) is 13.8 Å². The summed E-state index contributed by atoms with van der Waals surface area (Å²) in [6, 6.07) is 0. The van der Waals surface area contributed by atoms with Crippen LogP contribution in [0, 0.1) is 17.3 Å². The molecule has 2 fully saturated rings. The van der Waals surface area contributed by atoms with Crippen molar-refractivity contribution in [3.63, 3.8) is 0 Å². The Balaban J connectivity index is 2.06. The minimum atomic E-state index is 0.854. The summed E-state index contributed by atoms with van der Waals surface area (Å²) in [6.45, 7) is 4.77. The maximum atomic E-state index is 2.40. The van der Waals surface area contributed by atoms with Crippen LogP contribution >= 0.6 is 0 Å². The first kappa shape index (κ1) is 7.64. The Bertz CT molecular complexity index is 144. The van der Waals surface area contributed by atoms with Crippen LogP contribution < -0.4 is 0 Å². The molecule has 0 amide bonds. The summed E-state index contributed by atoms with van der Waals surface area (Å²) >= 11 is 0. The summed E-state index contributed by atoms with van der Waals surface area (Å²) in [4.78, 5) is 0. The summed E-state index contributed by atoms with van der Waals surface area (Å²) in [5.41, 5.74) is 0.854. The fourth-order valence-corrected chi connectivity index (χ4v) is 3.74. The fourth-order valence-electron chi connectivity index (χ4n) is 3.74. The fraction of sp³-hybridized carbons (Fsp3) is 1.00. The first-order valence-electron chi connectivity index (χ1n) is 5.35. The Morgan fingerprint density at radius 3 is 2.64 bits per heavy atom. The van der Waals surface area contributed by atoms with Crippen molar-refractivity contribution in [2.75, 3.05) is 0 Å². The minimum absolute atomic E-state index is 0.854. The first-order valence-corrected chi connectivity index (χ1v) is 5.35. The van der Waals surface area contributed by atoms with Crippen LogP contribution in [0.5, 0.6) is 0 Å². The Morgan fingerprint density at radius 1 is 1.27 bits per heavy atom. The quantitative estimate of drug-likeness (QED) is 0.567. The first-order chi connectivity index (χ1) is 5.35. The van der Waals surface area contributed by atoms with Gasteiger partial charge in [0.25, 0.3) is 0 Å². The maximum Gasteiger partial charge on any atom is -0.0238 e. The van der Waals surface area contributed by atoms with Crippen molar-refractivity contribution in [1.29, 1.82) is 0 Å². The highest BCUT2D eigenvalue weighted by molar-refractivity contribution is 5.10. The van der Waals surface area contributed by atoms with E-state index < -0.39 is 0 Å². The smallest absolute Gasteiger partial charge is 0.0238 e. The molecule has 0 aromatic heterocycles. The normalized spacial score (nSPS) is 48.5. The number of fused-ring (bicyclic) bond motifs is 1. The molecular weight excluding hydrogens is 132 g/mol. The Labute approximate surface area is 70.4 Å². The van der Waals surface area contributed by atoms with Crippen molar-refractivity contribution >= 4 is 0 Å². The highest BCUT2D eigenvalue weighted by Gasteiger charge is 2.61. The SMILES string of the molecule is CCC1C2CCCC[C@@]12CC. The lowest BCUT2D eigenvalue weighted by molar-refractivity contribution is 0.317. The second-order valence-corrected chi connectivity index (χ2v) is 4.45. The van der Waals surface area contributed by atoms with E-state index in [-0.39, 0.29) is 0 Å². The molecule has 0 aliphatic heterocycles. The van der Waals surface area contributed by atoms with Crippen molar-refractivity contribution in [3.8, 4) is 0 Å². The Kier molecular flexibility index (Phi) is 1.74. The molecule has 2 aliphatic rings. The van der Waals surface area contributed by atoms with Crippen molar-refractivity contribution in [2.24, 2.45) is 17.3 Å². The zero-order valence-corrected chi connectivity index (χ0v) is 7.90. The van der Waals surface area contributed by atoms with Gasteiger partial charge in [0.1, 0.15) is 0 Å². The van der Waals surface area contributed by atoms with E-state index in [1.165, 1.54) is 25.7 Å². The van der Waals surface area contributed by atoms with E-state index in [9.17, 15) is 0 Å². The second-order valence-electron chi connectivity index (χ2n) is 4.45. The van der Waals surface area contributed by atoms with E-state index in [1.807, 2.05) is 0 Å². The molecule has 2 rings (SSSR count). The van der Waals surface area contributed by atoms with Crippen molar-refractivity contribution in [2.45, 2.75) is 52.4 Å². The van der Waals surface area contributed by atoms with Gasteiger partial charge in [-0.25, -0.2) is 0 Å². The van der Waals surface area contributed by atoms with Crippen LogP contribution in [0.4, 0.5) is 0 Å². The summed E-state index contributed by atoms with van der Waals surface area (Å²) in [5, 5.41) is 0. The average Bonchev–Trinajstić information content (AvgIpc) is 2.73. The summed E-state index contributed by atoms with van der Waals surface area (Å²) in [7, 11) is 0. The van der Waals surface area contributed by atoms with E-state index in [4.69, 9.17) is 0 Å². The van der Waals surface area contributed by atoms with Crippen LogP contribution in [0.2, 0.25) is 0 Å². The molecule has 2 unspecified atom stereocenters. The summed E-state index contributed by atoms with van der Waals surface area (Å²) < 4.78 is 0. The Morgan fingerprint density at radius 2 is 2.09 bits per heavy atom. The lowest BCUT2D eigenvalue weighted by atomic mass is 9.86. The Hall–Kier alpha value is 0. The maximum absolute atomic E-state index is 2.40. The molecule has 0 spiro atoms. The molecule has 0 aromatic rings. The molecule has 0 heteroatoms. The highest BCUT2D eigenvalue weighted by atomic mass is 14.7. The van der Waals surface area contributed by atoms with E-state index >= 15 is 0 Å². The van der Waals surface area contributed by atoms with Gasteiger partial charge in [-0.3, -0.25) is 0 Å². The number of hydrogen-bond acceptors (Lipinski definition) is 0. The molecule has 0 heterocycles. The lowest BCUT2D eigenvalue weighted by Gasteiger charge is -2.19. The largest absolute Gasteiger partial charge is 0.0651 e. The van der Waals surface area contributed by atoms with Gasteiger partial charge in [-0.05, 0) is 36.5 Å². The van der Waals surface area contributed by atoms with E-state index in [0.717, 1.165) is 17.3 Å². The molecule has 2 saturated carbocycles. The van der Waals surface area contributed by atoms with E-state index in [1.54, 1.807) is 12.8 Å². The lowest BCUT2D eigenvalue weighted by Crippen LogP contribution is -2.08. The highest BCUT2D eigenvalue weighted by Crippen LogP contribution is 2.69. The van der Waals surface area contributed by atoms with Crippen molar-refractivity contribution in [1.82, 2.24) is 0 Å². The van der Waals surface area contributed by atoms with E-state index in [0.29, 0.717) is 0 Å². The molecule has 11 heavy (non-hydrogen) atoms. The number of rotatable bonds is 2. The van der Waals surface area contributed by atoms with Crippen molar-refractivity contribution in [3.05, 3.63) is 0 Å². The van der Waals surface area contributed by atoms with Crippen molar-refractivity contribution < 1.29 is 0 Å². The van der Waals surface area contributed by atoms with Gasteiger partial charge in [-0.1, -0.05) is 33.1 Å². The van der Waals surface area contributed by atoms with Crippen LogP contribution in [-0.4, -0.2) is 0 Å². The van der Waals surface area contributed by atoms with Gasteiger partial charge in [-0.15, -0.1) is 0 Å². The third-order valence-corrected chi connectivity index (χ3v) is 4.36. The zero-order valence-electron chi connectivity index (χ0n) is 7.90. The van der Waals surface area contributed by atoms with Gasteiger partial charge in [-0.2, -0.15) is 0 Å². The predicted molar refractivity (Wildman–Crippen MR) is 48.5 cm³/mol. The predicted octanol–water partition coefficient (Wildman–Crippen LogP) is 3.61. The van der Waals surface area contributed by atoms with Gasteiger partial charge in [0.15, 0.2) is 0 Å². The van der Waals surface area contributed by atoms with Crippen LogP contribution in [0.25, 0.3) is 0 Å². The summed E-state index contributed by atoms with van der Waals surface area (Å²) in [5.74, 6) is 2.27. The van der Waals surface area contributed by atoms with Gasteiger partial charge < -0.3 is 0 Å². The van der Waals surface area contributed by atoms with Crippen LogP contribution in [-0.2, 0) is 0 Å². The number of hydrogen-bond donors (Lipinski definition) is 0. The molecule has 0 bridgehead atoms. The molecule has 64 valence electrons. The van der Waals surface area contributed by atoms with Gasteiger partial charge in [0, 0.05) is 0 Å². The van der Waals surface area contributed by atoms with Gasteiger partial charge in [0.05, 0.1) is 0 Å². The average molecular weight is 152 g/mol. The van der Waals surface area contributed by atoms with Crippen LogP contribution in [0.1, 0.15) is 52.4 Å². The third-order valence-electron chi connectivity index (χ3n) is 4.36. The van der Waals surface area contributed by atoms with Crippen LogP contribution in [0.3, 0.4) is 0 Å². The molecule has 2 aliphatic carbocycles. The van der Waals surface area contributed by atoms with Gasteiger partial charge in [0.2, 0.25) is 0 Å². The molecule has 3 atom stereocenters. The van der Waals surface area contributed by atoms with Gasteiger partial charge >= 0.3 is 0 Å². The molecule has 0 aromatic carbocycles. The van der Waals surface area contributed by atoms with Crippen LogP contribution in [0.15, 0.2) is 0 Å². The molecule has 0 saturated heterocycles. The second kappa shape index (κ2) is 2.50.